The van der Waals surface area contributed by atoms with Gasteiger partial charge in [-0.15, -0.1) is 6.58 Å². The maximum absolute atomic E-state index is 13.3. The lowest BCUT2D eigenvalue weighted by molar-refractivity contribution is 0.313. The number of hydrogen-bond donors (Lipinski definition) is 1. The third-order valence-electron chi connectivity index (χ3n) is 6.65. The van der Waals surface area contributed by atoms with Crippen molar-refractivity contribution in [3.63, 3.8) is 0 Å². The van der Waals surface area contributed by atoms with Gasteiger partial charge in [-0.05, 0) is 54.9 Å². The van der Waals surface area contributed by atoms with Crippen molar-refractivity contribution in [3.8, 4) is 11.6 Å². The van der Waals surface area contributed by atoms with Crippen molar-refractivity contribution in [2.75, 3.05) is 18.9 Å². The summed E-state index contributed by atoms with van der Waals surface area (Å²) in [6, 6.07) is 16.5. The number of benzene rings is 1. The molecule has 10 nitrogen and oxygen atoms in total. The minimum absolute atomic E-state index is 0.206. The molecular weight excluding hydrogens is 480 g/mol. The van der Waals surface area contributed by atoms with Crippen LogP contribution in [0.1, 0.15) is 11.1 Å². The van der Waals surface area contributed by atoms with Gasteiger partial charge in [0, 0.05) is 37.2 Å². The first kappa shape index (κ1) is 23.6. The summed E-state index contributed by atoms with van der Waals surface area (Å²) < 4.78 is 4.59. The number of pyridine rings is 2. The van der Waals surface area contributed by atoms with Gasteiger partial charge < -0.3 is 10.2 Å². The molecule has 0 saturated carbocycles. The van der Waals surface area contributed by atoms with Crippen LogP contribution in [0.25, 0.3) is 22.7 Å². The number of likely N-dealkylation sites (N-methyl/N-ethyl adjacent to an activating group) is 1. The number of hydrogen-bond acceptors (Lipinski definition) is 7. The van der Waals surface area contributed by atoms with E-state index in [0.29, 0.717) is 28.6 Å². The first-order chi connectivity index (χ1) is 18.5. The van der Waals surface area contributed by atoms with E-state index >= 15 is 0 Å². The van der Waals surface area contributed by atoms with Crippen molar-refractivity contribution in [3.05, 3.63) is 111 Å². The maximum atomic E-state index is 13.3. The third-order valence-corrected chi connectivity index (χ3v) is 6.65. The number of anilines is 2. The van der Waals surface area contributed by atoms with Crippen LogP contribution in [0.2, 0.25) is 0 Å². The summed E-state index contributed by atoms with van der Waals surface area (Å²) in [6.45, 7) is 5.98. The second kappa shape index (κ2) is 9.56. The number of fused-ring (bicyclic) bond motifs is 2. The Balaban J connectivity index is 1.45. The lowest BCUT2D eigenvalue weighted by atomic mass is 9.99. The van der Waals surface area contributed by atoms with E-state index in [0.717, 1.165) is 25.2 Å². The molecule has 0 aliphatic carbocycles. The summed E-state index contributed by atoms with van der Waals surface area (Å²) >= 11 is 0. The first-order valence-electron chi connectivity index (χ1n) is 12.3. The first-order valence-corrected chi connectivity index (χ1v) is 12.3. The predicted octanol–water partition coefficient (Wildman–Crippen LogP) is 3.05. The van der Waals surface area contributed by atoms with Crippen molar-refractivity contribution in [1.82, 2.24) is 33.8 Å². The summed E-state index contributed by atoms with van der Waals surface area (Å²) in [4.78, 5) is 41.8. The Morgan fingerprint density at radius 3 is 2.74 bits per heavy atom. The molecule has 1 aliphatic heterocycles. The summed E-state index contributed by atoms with van der Waals surface area (Å²) in [5.74, 6) is 1.23. The van der Waals surface area contributed by atoms with Gasteiger partial charge in [-0.3, -0.25) is 14.2 Å². The van der Waals surface area contributed by atoms with Crippen molar-refractivity contribution in [1.29, 1.82) is 0 Å². The fourth-order valence-corrected chi connectivity index (χ4v) is 4.79. The van der Waals surface area contributed by atoms with Crippen molar-refractivity contribution >= 4 is 22.7 Å². The molecule has 0 radical (unpaired) electrons. The van der Waals surface area contributed by atoms with Crippen LogP contribution in [-0.2, 0) is 19.5 Å². The van der Waals surface area contributed by atoms with Gasteiger partial charge in [-0.25, -0.2) is 19.3 Å². The van der Waals surface area contributed by atoms with Crippen LogP contribution in [0.15, 0.2) is 89.2 Å². The number of nitrogens with one attached hydrogen (secondary N) is 1. The Morgan fingerprint density at radius 2 is 1.89 bits per heavy atom. The predicted molar refractivity (Wildman–Crippen MR) is 146 cm³/mol. The largest absolute Gasteiger partial charge is 0.324 e. The zero-order chi connectivity index (χ0) is 26.2. The highest BCUT2D eigenvalue weighted by Crippen LogP contribution is 2.24. The van der Waals surface area contributed by atoms with Gasteiger partial charge in [0.1, 0.15) is 11.2 Å². The maximum Gasteiger partial charge on any atom is 0.278 e. The van der Waals surface area contributed by atoms with Crippen molar-refractivity contribution in [2.45, 2.75) is 19.5 Å². The van der Waals surface area contributed by atoms with Gasteiger partial charge in [-0.2, -0.15) is 4.98 Å². The molecule has 190 valence electrons. The quantitative estimate of drug-likeness (QED) is 0.353. The van der Waals surface area contributed by atoms with Crippen molar-refractivity contribution < 1.29 is 0 Å². The fraction of sp³-hybridized carbons (Fsp3) is 0.179. The van der Waals surface area contributed by atoms with Gasteiger partial charge in [0.05, 0.1) is 6.54 Å². The molecule has 0 bridgehead atoms. The molecule has 0 spiro atoms. The van der Waals surface area contributed by atoms with Gasteiger partial charge >= 0.3 is 0 Å². The van der Waals surface area contributed by atoms with E-state index < -0.39 is 0 Å². The Kier molecular flexibility index (Phi) is 5.93. The molecule has 4 aromatic heterocycles. The SMILES string of the molecule is C=CCn1c(=O)c2cnc(Nc3ccc4c(c3)CN(C)CC4)nc2n1-c1cccc(-n2ccccc2=O)n1. The Bertz CT molecular complexity index is 1800. The number of aromatic nitrogens is 6. The zero-order valence-corrected chi connectivity index (χ0v) is 20.9. The lowest BCUT2D eigenvalue weighted by Crippen LogP contribution is -2.26. The molecule has 6 rings (SSSR count). The van der Waals surface area contributed by atoms with Crippen LogP contribution in [0.3, 0.4) is 0 Å². The minimum Gasteiger partial charge on any atom is -0.324 e. The Hall–Kier alpha value is -4.83. The van der Waals surface area contributed by atoms with E-state index in [-0.39, 0.29) is 17.7 Å². The normalized spacial score (nSPS) is 13.4. The topological polar surface area (TPSA) is 103 Å². The highest BCUT2D eigenvalue weighted by atomic mass is 16.1. The van der Waals surface area contributed by atoms with Crippen LogP contribution in [0.5, 0.6) is 0 Å². The van der Waals surface area contributed by atoms with E-state index in [4.69, 9.17) is 9.97 Å². The number of allylic oxidation sites excluding steroid dienone is 1. The summed E-state index contributed by atoms with van der Waals surface area (Å²) in [7, 11) is 2.12. The van der Waals surface area contributed by atoms with E-state index in [1.807, 2.05) is 6.07 Å². The van der Waals surface area contributed by atoms with E-state index in [9.17, 15) is 9.59 Å². The van der Waals surface area contributed by atoms with Crippen LogP contribution >= 0.6 is 0 Å². The second-order valence-electron chi connectivity index (χ2n) is 9.28. The summed E-state index contributed by atoms with van der Waals surface area (Å²) in [5.41, 5.74) is 3.44. The van der Waals surface area contributed by atoms with E-state index in [2.05, 4.69) is 41.0 Å². The second-order valence-corrected chi connectivity index (χ2v) is 9.28. The fourth-order valence-electron chi connectivity index (χ4n) is 4.79. The van der Waals surface area contributed by atoms with Gasteiger partial charge in [-0.1, -0.05) is 24.3 Å². The monoisotopic (exact) mass is 506 g/mol. The average molecular weight is 507 g/mol. The lowest BCUT2D eigenvalue weighted by Gasteiger charge is -2.25. The van der Waals surface area contributed by atoms with E-state index in [1.54, 1.807) is 47.3 Å². The van der Waals surface area contributed by atoms with Crippen LogP contribution < -0.4 is 16.4 Å². The molecule has 5 heterocycles. The molecule has 0 amide bonds. The Labute approximate surface area is 218 Å². The standard InChI is InChI=1S/C28H26N8O2/c1-3-13-35-27(38)22-17-29-28(30-21-11-10-19-12-15-33(2)18-20(19)16-21)32-26(22)36(35)24-8-6-7-23(31-24)34-14-5-4-9-25(34)37/h3-11,14,16-17H,1,12-13,15,18H2,2H3,(H,29,30,32). The average Bonchev–Trinajstić information content (AvgIpc) is 3.19. The molecule has 0 fully saturated rings. The number of nitrogens with zero attached hydrogens (tertiary/aromatic N) is 7. The van der Waals surface area contributed by atoms with Crippen LogP contribution in [0.4, 0.5) is 11.6 Å². The van der Waals surface area contributed by atoms with E-state index in [1.165, 1.54) is 32.6 Å². The summed E-state index contributed by atoms with van der Waals surface area (Å²) in [6.07, 6.45) is 5.85. The van der Waals surface area contributed by atoms with Gasteiger partial charge in [0.15, 0.2) is 11.5 Å². The molecule has 1 aliphatic rings. The smallest absolute Gasteiger partial charge is 0.278 e. The van der Waals surface area contributed by atoms with Crippen LogP contribution in [0, 0.1) is 0 Å². The van der Waals surface area contributed by atoms with Crippen LogP contribution in [-0.4, -0.2) is 47.4 Å². The zero-order valence-electron chi connectivity index (χ0n) is 20.9. The van der Waals surface area contributed by atoms with Crippen molar-refractivity contribution in [2.24, 2.45) is 0 Å². The molecule has 0 unspecified atom stereocenters. The third kappa shape index (κ3) is 4.20. The molecule has 0 atom stereocenters. The summed E-state index contributed by atoms with van der Waals surface area (Å²) in [5, 5.41) is 3.65. The molecule has 1 N–H and O–H groups in total. The molecule has 1 aromatic carbocycles. The molecule has 0 saturated heterocycles. The number of rotatable bonds is 6. The van der Waals surface area contributed by atoms with Gasteiger partial charge in [0.2, 0.25) is 5.95 Å². The molecule has 5 aromatic rings. The Morgan fingerprint density at radius 1 is 1.03 bits per heavy atom. The minimum atomic E-state index is -0.257. The molecule has 38 heavy (non-hydrogen) atoms. The highest BCUT2D eigenvalue weighted by Gasteiger charge is 2.19. The highest BCUT2D eigenvalue weighted by molar-refractivity contribution is 5.77. The molecular formula is C28H26N8O2. The molecule has 10 heteroatoms. The van der Waals surface area contributed by atoms with Gasteiger partial charge in [0.25, 0.3) is 11.1 Å².